The molecule has 8 heteroatoms. The molecular weight excluding hydrogens is 300 g/mol. The first-order valence-corrected chi connectivity index (χ1v) is 9.42. The Balaban J connectivity index is 2.63. The maximum absolute atomic E-state index is 11.9. The van der Waals surface area contributed by atoms with Crippen molar-refractivity contribution in [3.8, 4) is 6.07 Å². The normalized spacial score (nSPS) is 12.0. The molecule has 0 amide bonds. The summed E-state index contributed by atoms with van der Waals surface area (Å²) in [5.41, 5.74) is 0.739. The minimum absolute atomic E-state index is 0.0589. The van der Waals surface area contributed by atoms with Crippen LogP contribution in [-0.4, -0.2) is 35.4 Å². The summed E-state index contributed by atoms with van der Waals surface area (Å²) in [6.07, 6.45) is 1.56. The quantitative estimate of drug-likeness (QED) is 0.736. The molecule has 1 rings (SSSR count). The van der Waals surface area contributed by atoms with Crippen LogP contribution in [0.5, 0.6) is 0 Å². The number of sulfonamides is 1. The molecule has 0 radical (unpaired) electrons. The van der Waals surface area contributed by atoms with Crippen LogP contribution in [0.3, 0.4) is 0 Å². The van der Waals surface area contributed by atoms with Crippen molar-refractivity contribution in [1.82, 2.24) is 4.72 Å². The molecule has 6 nitrogen and oxygen atoms in total. The molecule has 0 unspecified atom stereocenters. The van der Waals surface area contributed by atoms with Crippen LogP contribution in [0.15, 0.2) is 29.2 Å². The van der Waals surface area contributed by atoms with Crippen molar-refractivity contribution in [2.24, 2.45) is 0 Å². The van der Waals surface area contributed by atoms with Gasteiger partial charge in [0.25, 0.3) is 0 Å². The summed E-state index contributed by atoms with van der Waals surface area (Å²) in [5, 5.41) is 8.53. The molecule has 0 saturated carbocycles. The fourth-order valence-electron chi connectivity index (χ4n) is 1.50. The van der Waals surface area contributed by atoms with Gasteiger partial charge in [-0.25, -0.2) is 21.6 Å². The summed E-state index contributed by atoms with van der Waals surface area (Å²) in [7, 11) is -6.72. The van der Waals surface area contributed by atoms with Gasteiger partial charge in [0, 0.05) is 12.8 Å². The number of sulfone groups is 1. The highest BCUT2D eigenvalue weighted by atomic mass is 32.2. The highest BCUT2D eigenvalue weighted by Crippen LogP contribution is 2.10. The van der Waals surface area contributed by atoms with Gasteiger partial charge in [0.1, 0.15) is 9.84 Å². The molecule has 0 aliphatic heterocycles. The minimum Gasteiger partial charge on any atom is -0.229 e. The zero-order valence-corrected chi connectivity index (χ0v) is 12.7. The lowest BCUT2D eigenvalue weighted by Crippen LogP contribution is -2.26. The van der Waals surface area contributed by atoms with E-state index in [4.69, 9.17) is 5.26 Å². The van der Waals surface area contributed by atoms with Gasteiger partial charge >= 0.3 is 0 Å². The number of nitrogens with one attached hydrogen (secondary N) is 1. The predicted molar refractivity (Wildman–Crippen MR) is 75.3 cm³/mol. The van der Waals surface area contributed by atoms with Gasteiger partial charge < -0.3 is 0 Å². The maximum atomic E-state index is 11.9. The lowest BCUT2D eigenvalue weighted by Gasteiger charge is -2.06. The minimum atomic E-state index is -3.64. The number of nitrogens with zero attached hydrogens (tertiary/aromatic N) is 1. The Hall–Kier alpha value is -1.43. The van der Waals surface area contributed by atoms with E-state index in [1.807, 2.05) is 6.07 Å². The molecule has 0 bridgehead atoms. The van der Waals surface area contributed by atoms with Crippen molar-refractivity contribution in [2.75, 3.05) is 18.6 Å². The number of rotatable bonds is 7. The number of hydrogen-bond donors (Lipinski definition) is 1. The summed E-state index contributed by atoms with van der Waals surface area (Å²) in [4.78, 5) is 0.0959. The molecule has 1 aromatic rings. The Bertz CT molecular complexity index is 686. The van der Waals surface area contributed by atoms with Crippen LogP contribution in [0.1, 0.15) is 12.0 Å². The molecule has 0 spiro atoms. The van der Waals surface area contributed by atoms with E-state index >= 15 is 0 Å². The van der Waals surface area contributed by atoms with Crippen LogP contribution < -0.4 is 4.72 Å². The maximum Gasteiger partial charge on any atom is 0.240 e. The molecule has 1 aromatic carbocycles. The molecule has 0 aliphatic carbocycles. The molecule has 0 aromatic heterocycles. The number of benzene rings is 1. The van der Waals surface area contributed by atoms with Gasteiger partial charge in [0.2, 0.25) is 10.0 Å². The Morgan fingerprint density at radius 1 is 1.15 bits per heavy atom. The van der Waals surface area contributed by atoms with Crippen molar-refractivity contribution in [1.29, 1.82) is 5.26 Å². The molecule has 110 valence electrons. The molecule has 0 fully saturated rings. The molecule has 0 heterocycles. The first-order valence-electron chi connectivity index (χ1n) is 5.88. The molecule has 0 saturated heterocycles. The van der Waals surface area contributed by atoms with Crippen LogP contribution in [0, 0.1) is 11.3 Å². The monoisotopic (exact) mass is 316 g/mol. The smallest absolute Gasteiger partial charge is 0.229 e. The summed E-state index contributed by atoms with van der Waals surface area (Å²) < 4.78 is 48.0. The Labute approximate surface area is 119 Å². The van der Waals surface area contributed by atoms with Crippen LogP contribution >= 0.6 is 0 Å². The predicted octanol–water partition coefficient (Wildman–Crippen LogP) is 0.466. The average molecular weight is 316 g/mol. The van der Waals surface area contributed by atoms with Gasteiger partial charge in [-0.2, -0.15) is 5.26 Å². The van der Waals surface area contributed by atoms with Crippen molar-refractivity contribution >= 4 is 19.9 Å². The van der Waals surface area contributed by atoms with E-state index < -0.39 is 19.9 Å². The van der Waals surface area contributed by atoms with Gasteiger partial charge in [-0.05, 0) is 24.1 Å². The largest absolute Gasteiger partial charge is 0.240 e. The zero-order valence-electron chi connectivity index (χ0n) is 11.0. The SMILES string of the molecule is CS(=O)(=O)CCCNS(=O)(=O)c1ccc(CC#N)cc1. The lowest BCUT2D eigenvalue weighted by molar-refractivity contribution is 0.577. The van der Waals surface area contributed by atoms with Crippen LogP contribution in [0.2, 0.25) is 0 Å². The van der Waals surface area contributed by atoms with Gasteiger partial charge in [0.15, 0.2) is 0 Å². The third-order valence-corrected chi connectivity index (χ3v) is 5.01. The second-order valence-corrected chi connectivity index (χ2v) is 8.39. The first kappa shape index (κ1) is 16.6. The Morgan fingerprint density at radius 2 is 1.75 bits per heavy atom. The topological polar surface area (TPSA) is 104 Å². The Kier molecular flexibility index (Phi) is 5.68. The van der Waals surface area contributed by atoms with Crippen molar-refractivity contribution in [3.63, 3.8) is 0 Å². The number of nitriles is 1. The lowest BCUT2D eigenvalue weighted by atomic mass is 10.2. The van der Waals surface area contributed by atoms with Gasteiger partial charge in [-0.1, -0.05) is 12.1 Å². The first-order chi connectivity index (χ1) is 9.24. The van der Waals surface area contributed by atoms with Crippen LogP contribution in [0.25, 0.3) is 0 Å². The van der Waals surface area contributed by atoms with Crippen molar-refractivity contribution in [3.05, 3.63) is 29.8 Å². The Morgan fingerprint density at radius 3 is 2.25 bits per heavy atom. The van der Waals surface area contributed by atoms with E-state index in [0.29, 0.717) is 0 Å². The summed E-state index contributed by atoms with van der Waals surface area (Å²) in [6.45, 7) is 0.0648. The van der Waals surface area contributed by atoms with Gasteiger partial charge in [0.05, 0.1) is 23.1 Å². The highest BCUT2D eigenvalue weighted by Gasteiger charge is 2.13. The summed E-state index contributed by atoms with van der Waals surface area (Å²) in [5.74, 6) is -0.0589. The number of hydrogen-bond acceptors (Lipinski definition) is 5. The van der Waals surface area contributed by atoms with Crippen molar-refractivity contribution < 1.29 is 16.8 Å². The van der Waals surface area contributed by atoms with E-state index in [9.17, 15) is 16.8 Å². The van der Waals surface area contributed by atoms with E-state index in [1.54, 1.807) is 12.1 Å². The second-order valence-electron chi connectivity index (χ2n) is 4.36. The molecule has 0 aliphatic rings. The third-order valence-electron chi connectivity index (χ3n) is 2.50. The van der Waals surface area contributed by atoms with E-state index in [1.165, 1.54) is 12.1 Å². The fourth-order valence-corrected chi connectivity index (χ4v) is 3.24. The molecular formula is C12H16N2O4S2. The van der Waals surface area contributed by atoms with Crippen molar-refractivity contribution in [2.45, 2.75) is 17.7 Å². The standard InChI is InChI=1S/C12H16N2O4S2/c1-19(15,16)10-2-9-14-20(17,18)12-5-3-11(4-6-12)7-8-13/h3-6,14H,2,7,9-10H2,1H3. The highest BCUT2D eigenvalue weighted by molar-refractivity contribution is 7.90. The van der Waals surface area contributed by atoms with Crippen LogP contribution in [-0.2, 0) is 26.3 Å². The van der Waals surface area contributed by atoms with E-state index in [2.05, 4.69) is 4.72 Å². The fraction of sp³-hybridized carbons (Fsp3) is 0.417. The van der Waals surface area contributed by atoms with E-state index in [0.717, 1.165) is 11.8 Å². The molecule has 20 heavy (non-hydrogen) atoms. The zero-order chi connectivity index (χ0) is 15.2. The average Bonchev–Trinajstić information content (AvgIpc) is 2.35. The molecule has 1 N–H and O–H groups in total. The summed E-state index contributed by atoms with van der Waals surface area (Å²) in [6, 6.07) is 7.98. The second kappa shape index (κ2) is 6.83. The third kappa shape index (κ3) is 5.69. The summed E-state index contributed by atoms with van der Waals surface area (Å²) >= 11 is 0. The van der Waals surface area contributed by atoms with E-state index in [-0.39, 0.29) is 30.0 Å². The molecule has 0 atom stereocenters. The van der Waals surface area contributed by atoms with Gasteiger partial charge in [-0.3, -0.25) is 0 Å². The van der Waals surface area contributed by atoms with Crippen LogP contribution in [0.4, 0.5) is 0 Å². The van der Waals surface area contributed by atoms with Gasteiger partial charge in [-0.15, -0.1) is 0 Å².